The van der Waals surface area contributed by atoms with Crippen LogP contribution in [0.5, 0.6) is 5.75 Å². The molecule has 1 aliphatic rings. The number of nitrogens with one attached hydrogen (secondary N) is 1. The van der Waals surface area contributed by atoms with Gasteiger partial charge in [0.15, 0.2) is 0 Å². The summed E-state index contributed by atoms with van der Waals surface area (Å²) in [6.45, 7) is 3.67. The van der Waals surface area contributed by atoms with Crippen LogP contribution in [0.2, 0.25) is 0 Å². The number of hydrogen-bond acceptors (Lipinski definition) is 3. The first-order valence-corrected chi connectivity index (χ1v) is 9.62. The van der Waals surface area contributed by atoms with Gasteiger partial charge in [0.25, 0.3) is 0 Å². The number of carbonyl (C=O) groups is 1. The van der Waals surface area contributed by atoms with Gasteiger partial charge in [0.05, 0.1) is 12.8 Å². The van der Waals surface area contributed by atoms with Gasteiger partial charge in [0.1, 0.15) is 5.75 Å². The Kier molecular flexibility index (Phi) is 6.39. The van der Waals surface area contributed by atoms with Crippen LogP contribution in [0.3, 0.4) is 0 Å². The molecule has 5 nitrogen and oxygen atoms in total. The number of amides is 2. The normalized spacial score (nSPS) is 14.2. The molecule has 0 radical (unpaired) electrons. The van der Waals surface area contributed by atoms with E-state index in [1.165, 1.54) is 5.56 Å². The molecule has 0 spiro atoms. The third-order valence-electron chi connectivity index (χ3n) is 4.57. The summed E-state index contributed by atoms with van der Waals surface area (Å²) in [7, 11) is 1.69. The molecule has 2 aromatic carbocycles. The van der Waals surface area contributed by atoms with Crippen molar-refractivity contribution in [1.29, 1.82) is 0 Å². The fraction of sp³-hybridized carbons (Fsp3) is 0.350. The lowest BCUT2D eigenvalue weighted by Crippen LogP contribution is -2.52. The summed E-state index contributed by atoms with van der Waals surface area (Å²) in [6, 6.07) is 16.2. The van der Waals surface area contributed by atoms with E-state index in [0.29, 0.717) is 19.6 Å². The molecule has 0 saturated carbocycles. The van der Waals surface area contributed by atoms with Gasteiger partial charge in [-0.1, -0.05) is 40.2 Å². The second-order valence-corrected chi connectivity index (χ2v) is 7.17. The molecule has 0 bridgehead atoms. The zero-order chi connectivity index (χ0) is 18.4. The van der Waals surface area contributed by atoms with Crippen molar-refractivity contribution in [3.8, 4) is 5.75 Å². The minimum absolute atomic E-state index is 0.0136. The Balaban J connectivity index is 1.46. The Morgan fingerprint density at radius 3 is 2.62 bits per heavy atom. The standard InChI is InChI=1S/C20H24BrN3O2/c1-26-19-8-3-2-7-18(19)23-11-13-24(14-12-23)20(25)22-10-9-16-5-4-6-17(21)15-16/h2-8,15H,9-14H2,1H3,(H,22,25). The number of benzene rings is 2. The highest BCUT2D eigenvalue weighted by Gasteiger charge is 2.22. The maximum absolute atomic E-state index is 12.4. The molecular weight excluding hydrogens is 394 g/mol. The van der Waals surface area contributed by atoms with Gasteiger partial charge < -0.3 is 19.9 Å². The molecule has 0 atom stereocenters. The number of anilines is 1. The second kappa shape index (κ2) is 8.94. The lowest BCUT2D eigenvalue weighted by Gasteiger charge is -2.36. The SMILES string of the molecule is COc1ccccc1N1CCN(C(=O)NCCc2cccc(Br)c2)CC1. The highest BCUT2D eigenvalue weighted by molar-refractivity contribution is 9.10. The highest BCUT2D eigenvalue weighted by Crippen LogP contribution is 2.28. The number of nitrogens with zero attached hydrogens (tertiary/aromatic N) is 2. The summed E-state index contributed by atoms with van der Waals surface area (Å²) in [5, 5.41) is 3.03. The zero-order valence-electron chi connectivity index (χ0n) is 15.0. The topological polar surface area (TPSA) is 44.8 Å². The minimum atomic E-state index is 0.0136. The number of para-hydroxylation sites is 2. The van der Waals surface area contributed by atoms with E-state index < -0.39 is 0 Å². The molecule has 1 aliphatic heterocycles. The predicted molar refractivity (Wildman–Crippen MR) is 108 cm³/mol. The van der Waals surface area contributed by atoms with Gasteiger partial charge in [-0.25, -0.2) is 4.79 Å². The molecule has 1 heterocycles. The molecule has 2 amide bonds. The first-order valence-electron chi connectivity index (χ1n) is 8.82. The summed E-state index contributed by atoms with van der Waals surface area (Å²) in [6.07, 6.45) is 0.826. The molecule has 0 aliphatic carbocycles. The largest absolute Gasteiger partial charge is 0.495 e. The van der Waals surface area contributed by atoms with Crippen molar-refractivity contribution in [2.24, 2.45) is 0 Å². The summed E-state index contributed by atoms with van der Waals surface area (Å²) in [5.41, 5.74) is 2.30. The van der Waals surface area contributed by atoms with Gasteiger partial charge in [0.2, 0.25) is 0 Å². The quantitative estimate of drug-likeness (QED) is 0.808. The third kappa shape index (κ3) is 4.69. The summed E-state index contributed by atoms with van der Waals surface area (Å²) >= 11 is 3.47. The smallest absolute Gasteiger partial charge is 0.317 e. The van der Waals surface area contributed by atoms with E-state index in [4.69, 9.17) is 4.74 Å². The van der Waals surface area contributed by atoms with E-state index in [9.17, 15) is 4.79 Å². The van der Waals surface area contributed by atoms with Gasteiger partial charge in [-0.15, -0.1) is 0 Å². The van der Waals surface area contributed by atoms with E-state index in [1.54, 1.807) is 7.11 Å². The van der Waals surface area contributed by atoms with E-state index in [2.05, 4.69) is 44.3 Å². The molecule has 1 fully saturated rings. The number of rotatable bonds is 5. The molecule has 26 heavy (non-hydrogen) atoms. The molecule has 0 unspecified atom stereocenters. The van der Waals surface area contributed by atoms with E-state index >= 15 is 0 Å². The van der Waals surface area contributed by atoms with Gasteiger partial charge >= 0.3 is 6.03 Å². The van der Waals surface area contributed by atoms with Crippen molar-refractivity contribution in [3.63, 3.8) is 0 Å². The van der Waals surface area contributed by atoms with Crippen LogP contribution in [0, 0.1) is 0 Å². The van der Waals surface area contributed by atoms with Crippen LogP contribution in [0.15, 0.2) is 53.0 Å². The summed E-state index contributed by atoms with van der Waals surface area (Å²) in [5.74, 6) is 0.874. The molecular formula is C20H24BrN3O2. The number of hydrogen-bond donors (Lipinski definition) is 1. The van der Waals surface area contributed by atoms with Crippen molar-refractivity contribution >= 4 is 27.6 Å². The Morgan fingerprint density at radius 2 is 1.88 bits per heavy atom. The molecule has 1 N–H and O–H groups in total. The van der Waals surface area contributed by atoms with Crippen LogP contribution in [0.4, 0.5) is 10.5 Å². The average molecular weight is 418 g/mol. The Bertz CT molecular complexity index is 745. The zero-order valence-corrected chi connectivity index (χ0v) is 16.5. The third-order valence-corrected chi connectivity index (χ3v) is 5.06. The molecule has 0 aromatic heterocycles. The fourth-order valence-electron chi connectivity index (χ4n) is 3.16. The fourth-order valence-corrected chi connectivity index (χ4v) is 3.61. The first kappa shape index (κ1) is 18.6. The lowest BCUT2D eigenvalue weighted by atomic mass is 10.1. The van der Waals surface area contributed by atoms with Crippen molar-refractivity contribution in [1.82, 2.24) is 10.2 Å². The summed E-state index contributed by atoms with van der Waals surface area (Å²) < 4.78 is 6.50. The molecule has 3 rings (SSSR count). The number of methoxy groups -OCH3 is 1. The van der Waals surface area contributed by atoms with Crippen molar-refractivity contribution in [2.75, 3.05) is 44.7 Å². The van der Waals surface area contributed by atoms with E-state index in [0.717, 1.165) is 35.4 Å². The van der Waals surface area contributed by atoms with E-state index in [1.807, 2.05) is 35.2 Å². The maximum Gasteiger partial charge on any atom is 0.317 e. The number of piperazine rings is 1. The maximum atomic E-state index is 12.4. The minimum Gasteiger partial charge on any atom is -0.495 e. The summed E-state index contributed by atoms with van der Waals surface area (Å²) in [4.78, 5) is 16.5. The van der Waals surface area contributed by atoms with Crippen molar-refractivity contribution in [3.05, 3.63) is 58.6 Å². The number of ether oxygens (including phenoxy) is 1. The van der Waals surface area contributed by atoms with Crippen molar-refractivity contribution in [2.45, 2.75) is 6.42 Å². The van der Waals surface area contributed by atoms with Gasteiger partial charge in [-0.3, -0.25) is 0 Å². The number of halogens is 1. The molecule has 2 aromatic rings. The second-order valence-electron chi connectivity index (χ2n) is 6.26. The molecule has 138 valence electrons. The lowest BCUT2D eigenvalue weighted by molar-refractivity contribution is 0.194. The number of carbonyl (C=O) groups excluding carboxylic acids is 1. The average Bonchev–Trinajstić information content (AvgIpc) is 2.68. The van der Waals surface area contributed by atoms with Crippen LogP contribution in [0.25, 0.3) is 0 Å². The first-order chi connectivity index (χ1) is 12.7. The van der Waals surface area contributed by atoms with Crippen LogP contribution in [-0.4, -0.2) is 50.8 Å². The highest BCUT2D eigenvalue weighted by atomic mass is 79.9. The predicted octanol–water partition coefficient (Wildman–Crippen LogP) is 3.53. The molecule has 1 saturated heterocycles. The van der Waals surface area contributed by atoms with E-state index in [-0.39, 0.29) is 6.03 Å². The number of urea groups is 1. The van der Waals surface area contributed by atoms with Gasteiger partial charge in [-0.2, -0.15) is 0 Å². The van der Waals surface area contributed by atoms with Gasteiger partial charge in [-0.05, 0) is 36.2 Å². The Labute approximate surface area is 163 Å². The van der Waals surface area contributed by atoms with Crippen LogP contribution in [-0.2, 0) is 6.42 Å². The Hall–Kier alpha value is -2.21. The Morgan fingerprint density at radius 1 is 1.12 bits per heavy atom. The monoisotopic (exact) mass is 417 g/mol. The van der Waals surface area contributed by atoms with Gasteiger partial charge in [0, 0.05) is 37.2 Å². The van der Waals surface area contributed by atoms with Crippen molar-refractivity contribution < 1.29 is 9.53 Å². The van der Waals surface area contributed by atoms with Crippen LogP contribution < -0.4 is 15.0 Å². The van der Waals surface area contributed by atoms with Crippen LogP contribution >= 0.6 is 15.9 Å². The molecule has 6 heteroatoms. The van der Waals surface area contributed by atoms with Crippen LogP contribution in [0.1, 0.15) is 5.56 Å².